The quantitative estimate of drug-likeness (QED) is 0.789. The number of hydrogen-bond acceptors (Lipinski definition) is 4. The van der Waals surface area contributed by atoms with E-state index in [9.17, 15) is 8.42 Å². The third-order valence-electron chi connectivity index (χ3n) is 2.15. The van der Waals surface area contributed by atoms with E-state index in [1.165, 1.54) is 12.1 Å². The van der Waals surface area contributed by atoms with Crippen molar-refractivity contribution in [2.75, 3.05) is 13.2 Å². The van der Waals surface area contributed by atoms with Crippen LogP contribution in [0.4, 0.5) is 0 Å². The van der Waals surface area contributed by atoms with Crippen molar-refractivity contribution in [3.05, 3.63) is 21.6 Å². The lowest BCUT2D eigenvalue weighted by Gasteiger charge is -2.20. The topological polar surface area (TPSA) is 78.6 Å². The fourth-order valence-corrected chi connectivity index (χ4v) is 3.17. The molecule has 8 heteroatoms. The highest BCUT2D eigenvalue weighted by Crippen LogP contribution is 2.34. The van der Waals surface area contributed by atoms with Gasteiger partial charge in [-0.3, -0.25) is 0 Å². The minimum Gasteiger partial charge on any atom is -0.488 e. The molecule has 1 aromatic carbocycles. The average molecular weight is 387 g/mol. The van der Waals surface area contributed by atoms with Crippen LogP contribution in [0.1, 0.15) is 20.8 Å². The summed E-state index contributed by atoms with van der Waals surface area (Å²) in [5.74, 6) is 0.0369. The summed E-state index contributed by atoms with van der Waals surface area (Å²) in [5.41, 5.74) is -0.296. The van der Waals surface area contributed by atoms with Gasteiger partial charge in [-0.15, -0.1) is 0 Å². The van der Waals surface area contributed by atoms with Crippen LogP contribution in [0.3, 0.4) is 0 Å². The maximum Gasteiger partial charge on any atom is 0.241 e. The third kappa shape index (κ3) is 5.57. The lowest BCUT2D eigenvalue weighted by atomic mass is 10.2. The normalized spacial score (nSPS) is 12.5. The van der Waals surface area contributed by atoms with Crippen LogP contribution in [0.2, 0.25) is 5.02 Å². The molecular formula is C12H17BrClNO4S. The van der Waals surface area contributed by atoms with Crippen molar-refractivity contribution >= 4 is 37.6 Å². The second-order valence-electron chi connectivity index (χ2n) is 5.07. The van der Waals surface area contributed by atoms with Crippen LogP contribution >= 0.6 is 27.5 Å². The molecule has 2 N–H and O–H groups in total. The van der Waals surface area contributed by atoms with Crippen LogP contribution in [-0.2, 0) is 14.8 Å². The van der Waals surface area contributed by atoms with Crippen molar-refractivity contribution in [3.8, 4) is 5.75 Å². The smallest absolute Gasteiger partial charge is 0.241 e. The zero-order chi connectivity index (χ0) is 15.6. The molecule has 0 aliphatic heterocycles. The number of hydrogen-bond donors (Lipinski definition) is 1. The van der Waals surface area contributed by atoms with Crippen LogP contribution in [0.5, 0.6) is 5.75 Å². The van der Waals surface area contributed by atoms with Gasteiger partial charge in [-0.05, 0) is 32.9 Å². The van der Waals surface area contributed by atoms with E-state index in [1.807, 2.05) is 20.8 Å². The van der Waals surface area contributed by atoms with Crippen molar-refractivity contribution in [1.82, 2.24) is 0 Å². The van der Waals surface area contributed by atoms with E-state index < -0.39 is 10.0 Å². The van der Waals surface area contributed by atoms with Crippen molar-refractivity contribution in [3.63, 3.8) is 0 Å². The Morgan fingerprint density at radius 2 is 1.90 bits per heavy atom. The van der Waals surface area contributed by atoms with Gasteiger partial charge in [0.15, 0.2) is 5.75 Å². The second kappa shape index (κ2) is 6.62. The number of nitrogens with two attached hydrogens (primary N) is 1. The number of rotatable bonds is 5. The highest BCUT2D eigenvalue weighted by atomic mass is 79.9. The van der Waals surface area contributed by atoms with Gasteiger partial charge in [-0.25, -0.2) is 13.6 Å². The summed E-state index contributed by atoms with van der Waals surface area (Å²) in [6.07, 6.45) is 0. The Morgan fingerprint density at radius 3 is 2.40 bits per heavy atom. The number of benzene rings is 1. The Bertz CT molecular complexity index is 584. The Balaban J connectivity index is 2.90. The van der Waals surface area contributed by atoms with E-state index in [1.54, 1.807) is 0 Å². The molecule has 114 valence electrons. The maximum atomic E-state index is 11.5. The van der Waals surface area contributed by atoms with Gasteiger partial charge >= 0.3 is 0 Å². The largest absolute Gasteiger partial charge is 0.488 e. The summed E-state index contributed by atoms with van der Waals surface area (Å²) in [4.78, 5) is -0.160. The molecule has 0 aliphatic carbocycles. The predicted molar refractivity (Wildman–Crippen MR) is 81.7 cm³/mol. The van der Waals surface area contributed by atoms with E-state index in [0.29, 0.717) is 11.1 Å². The van der Waals surface area contributed by atoms with Crippen LogP contribution in [0.15, 0.2) is 21.5 Å². The standard InChI is InChI=1S/C12H17BrClNO4S/c1-12(2,3)19-5-4-18-11-9(14)6-8(13)7-10(11)20(15,16)17/h6-7H,4-5H2,1-3H3,(H2,15,16,17). The maximum absolute atomic E-state index is 11.5. The molecule has 0 aromatic heterocycles. The predicted octanol–water partition coefficient (Wildman–Crippen LogP) is 2.94. The Labute approximate surface area is 132 Å². The summed E-state index contributed by atoms with van der Waals surface area (Å²) in [6.45, 7) is 6.21. The summed E-state index contributed by atoms with van der Waals surface area (Å²) >= 11 is 9.16. The van der Waals surface area contributed by atoms with E-state index in [4.69, 9.17) is 26.2 Å². The minimum absolute atomic E-state index is 0.0369. The molecule has 0 heterocycles. The number of primary sulfonamides is 1. The van der Waals surface area contributed by atoms with Crippen LogP contribution in [-0.4, -0.2) is 27.2 Å². The van der Waals surface area contributed by atoms with Crippen molar-refractivity contribution in [2.45, 2.75) is 31.3 Å². The fraction of sp³-hybridized carbons (Fsp3) is 0.500. The summed E-state index contributed by atoms with van der Waals surface area (Å²) < 4.78 is 34.5. The minimum atomic E-state index is -3.92. The summed E-state index contributed by atoms with van der Waals surface area (Å²) in [7, 11) is -3.92. The van der Waals surface area contributed by atoms with Crippen LogP contribution in [0, 0.1) is 0 Å². The van der Waals surface area contributed by atoms with Gasteiger partial charge in [0.05, 0.1) is 17.2 Å². The molecule has 0 saturated carbocycles. The van der Waals surface area contributed by atoms with E-state index in [-0.39, 0.29) is 27.9 Å². The van der Waals surface area contributed by atoms with Crippen molar-refractivity contribution < 1.29 is 17.9 Å². The fourth-order valence-electron chi connectivity index (χ4n) is 1.38. The van der Waals surface area contributed by atoms with E-state index >= 15 is 0 Å². The molecule has 0 unspecified atom stereocenters. The Kier molecular flexibility index (Phi) is 5.86. The van der Waals surface area contributed by atoms with Crippen LogP contribution in [0.25, 0.3) is 0 Å². The lowest BCUT2D eigenvalue weighted by Crippen LogP contribution is -2.23. The van der Waals surface area contributed by atoms with Gasteiger partial charge in [0.25, 0.3) is 0 Å². The lowest BCUT2D eigenvalue weighted by molar-refractivity contribution is -0.0166. The first-order valence-electron chi connectivity index (χ1n) is 5.79. The molecule has 5 nitrogen and oxygen atoms in total. The first-order chi connectivity index (χ1) is 9.00. The highest BCUT2D eigenvalue weighted by Gasteiger charge is 2.20. The van der Waals surface area contributed by atoms with Crippen molar-refractivity contribution in [1.29, 1.82) is 0 Å². The number of halogens is 2. The molecule has 0 spiro atoms. The number of ether oxygens (including phenoxy) is 2. The molecule has 1 rings (SSSR count). The van der Waals surface area contributed by atoms with Gasteiger partial charge in [-0.2, -0.15) is 0 Å². The Morgan fingerprint density at radius 1 is 1.30 bits per heavy atom. The monoisotopic (exact) mass is 385 g/mol. The molecule has 0 fully saturated rings. The molecule has 0 aliphatic rings. The first kappa shape index (κ1) is 17.7. The van der Waals surface area contributed by atoms with Crippen molar-refractivity contribution in [2.24, 2.45) is 5.14 Å². The zero-order valence-corrected chi connectivity index (χ0v) is 14.6. The number of sulfonamides is 1. The first-order valence-corrected chi connectivity index (χ1v) is 8.51. The van der Waals surface area contributed by atoms with Gasteiger partial charge in [0.1, 0.15) is 11.5 Å². The summed E-state index contributed by atoms with van der Waals surface area (Å²) in [5, 5.41) is 5.32. The Hall–Kier alpha value is -0.340. The van der Waals surface area contributed by atoms with Gasteiger partial charge in [-0.1, -0.05) is 27.5 Å². The summed E-state index contributed by atoms with van der Waals surface area (Å²) in [6, 6.07) is 2.89. The third-order valence-corrected chi connectivity index (χ3v) is 3.80. The molecular weight excluding hydrogens is 370 g/mol. The molecule has 1 aromatic rings. The SMILES string of the molecule is CC(C)(C)OCCOc1c(Cl)cc(Br)cc1S(N)(=O)=O. The highest BCUT2D eigenvalue weighted by molar-refractivity contribution is 9.10. The van der Waals surface area contributed by atoms with E-state index in [0.717, 1.165) is 0 Å². The second-order valence-corrected chi connectivity index (χ2v) is 7.92. The van der Waals surface area contributed by atoms with Crippen LogP contribution < -0.4 is 9.88 Å². The zero-order valence-electron chi connectivity index (χ0n) is 11.4. The van der Waals surface area contributed by atoms with Gasteiger partial charge in [0.2, 0.25) is 10.0 Å². The average Bonchev–Trinajstić information content (AvgIpc) is 2.23. The molecule has 0 atom stereocenters. The van der Waals surface area contributed by atoms with Gasteiger partial charge in [0, 0.05) is 4.47 Å². The molecule has 0 bridgehead atoms. The van der Waals surface area contributed by atoms with E-state index in [2.05, 4.69) is 15.9 Å². The molecule has 0 amide bonds. The molecule has 20 heavy (non-hydrogen) atoms. The molecule has 0 saturated heterocycles. The molecule has 0 radical (unpaired) electrons. The van der Waals surface area contributed by atoms with Gasteiger partial charge < -0.3 is 9.47 Å².